The highest BCUT2D eigenvalue weighted by atomic mass is 31.2. The number of hydrogen-bond donors (Lipinski definition) is 5. The van der Waals surface area contributed by atoms with E-state index in [4.69, 9.17) is 21.3 Å². The van der Waals surface area contributed by atoms with Crippen molar-refractivity contribution in [3.05, 3.63) is 0 Å². The van der Waals surface area contributed by atoms with Crippen LogP contribution in [0.3, 0.4) is 0 Å². The minimum absolute atomic E-state index is 0.0699. The van der Waals surface area contributed by atoms with Crippen LogP contribution in [0.2, 0.25) is 0 Å². The van der Waals surface area contributed by atoms with Crippen LogP contribution in [-0.4, -0.2) is 41.0 Å². The summed E-state index contributed by atoms with van der Waals surface area (Å²) in [6.45, 7) is 0.620. The predicted octanol–water partition coefficient (Wildman–Crippen LogP) is -1.26. The first-order valence-electron chi connectivity index (χ1n) is 5.14. The highest BCUT2D eigenvalue weighted by molar-refractivity contribution is 7.51. The molecule has 0 bridgehead atoms. The molecule has 0 aromatic rings. The molecule has 0 rings (SSSR count). The number of hydrogen-bond acceptors (Lipinski definition) is 4. The average Bonchev–Trinajstić information content (AvgIpc) is 2.13. The Bertz CT molecular complexity index is 256. The lowest BCUT2D eigenvalue weighted by Crippen LogP contribution is -2.42. The Morgan fingerprint density at radius 3 is 2.44 bits per heavy atom. The predicted molar refractivity (Wildman–Crippen MR) is 60.8 cm³/mol. The molecule has 1 amide bonds. The van der Waals surface area contributed by atoms with Crippen LogP contribution < -0.4 is 16.8 Å². The topological polar surface area (TPSA) is 139 Å². The summed E-state index contributed by atoms with van der Waals surface area (Å²) in [5, 5.41) is 2.73. The van der Waals surface area contributed by atoms with E-state index in [-0.39, 0.29) is 12.7 Å². The van der Waals surface area contributed by atoms with Gasteiger partial charge in [-0.15, -0.1) is 0 Å². The van der Waals surface area contributed by atoms with Crippen LogP contribution in [-0.2, 0) is 9.36 Å². The van der Waals surface area contributed by atoms with Crippen LogP contribution >= 0.6 is 7.60 Å². The Morgan fingerprint density at radius 2 is 2.00 bits per heavy atom. The normalized spacial score (nSPS) is 13.7. The van der Waals surface area contributed by atoms with Gasteiger partial charge in [-0.05, 0) is 19.4 Å². The number of nitrogens with two attached hydrogens (primary N) is 2. The van der Waals surface area contributed by atoms with E-state index < -0.39 is 19.5 Å². The minimum Gasteiger partial charge on any atom is -0.368 e. The zero-order valence-electron chi connectivity index (χ0n) is 9.13. The standard InChI is InChI=1S/C8H20N3O4P/c9-4-2-1-3-7(8(10)12)11-5-6-16(13,14)15/h7,11H,1-6,9H2,(H2,10,12)(H2,13,14,15). The van der Waals surface area contributed by atoms with Crippen molar-refractivity contribution < 1.29 is 19.1 Å². The van der Waals surface area contributed by atoms with Crippen molar-refractivity contribution in [2.75, 3.05) is 19.3 Å². The Hall–Kier alpha value is -0.460. The second-order valence-corrected chi connectivity index (χ2v) is 5.36. The monoisotopic (exact) mass is 253 g/mol. The molecule has 0 spiro atoms. The smallest absolute Gasteiger partial charge is 0.326 e. The highest BCUT2D eigenvalue weighted by Gasteiger charge is 2.17. The molecule has 0 saturated heterocycles. The maximum Gasteiger partial charge on any atom is 0.326 e. The van der Waals surface area contributed by atoms with Gasteiger partial charge in [0.15, 0.2) is 0 Å². The fourth-order valence-electron chi connectivity index (χ4n) is 1.22. The summed E-state index contributed by atoms with van der Waals surface area (Å²) in [5.74, 6) is -0.511. The van der Waals surface area contributed by atoms with Crippen LogP contribution in [0.1, 0.15) is 19.3 Å². The van der Waals surface area contributed by atoms with Crippen molar-refractivity contribution in [3.8, 4) is 0 Å². The number of rotatable bonds is 9. The molecule has 0 aliphatic rings. The van der Waals surface area contributed by atoms with E-state index in [1.807, 2.05) is 0 Å². The molecule has 7 N–H and O–H groups in total. The van der Waals surface area contributed by atoms with Crippen LogP contribution in [0.5, 0.6) is 0 Å². The van der Waals surface area contributed by atoms with Gasteiger partial charge in [-0.2, -0.15) is 0 Å². The van der Waals surface area contributed by atoms with Gasteiger partial charge in [-0.1, -0.05) is 6.42 Å². The number of nitrogens with one attached hydrogen (secondary N) is 1. The first kappa shape index (κ1) is 15.5. The molecule has 0 aromatic heterocycles. The number of carbonyl (C=O) groups is 1. The van der Waals surface area contributed by atoms with Gasteiger partial charge in [0.25, 0.3) is 0 Å². The molecule has 0 saturated carbocycles. The lowest BCUT2D eigenvalue weighted by atomic mass is 10.1. The first-order chi connectivity index (χ1) is 7.37. The van der Waals surface area contributed by atoms with Crippen molar-refractivity contribution >= 4 is 13.5 Å². The quantitative estimate of drug-likeness (QED) is 0.257. The van der Waals surface area contributed by atoms with Gasteiger partial charge >= 0.3 is 7.60 Å². The first-order valence-corrected chi connectivity index (χ1v) is 6.94. The van der Waals surface area contributed by atoms with E-state index >= 15 is 0 Å². The summed E-state index contributed by atoms with van der Waals surface area (Å²) < 4.78 is 10.6. The average molecular weight is 253 g/mol. The van der Waals surface area contributed by atoms with E-state index in [9.17, 15) is 9.36 Å². The minimum atomic E-state index is -4.02. The summed E-state index contributed by atoms with van der Waals surface area (Å²) in [5.41, 5.74) is 10.5. The third-order valence-electron chi connectivity index (χ3n) is 2.08. The number of amides is 1. The number of primary amides is 1. The summed E-state index contributed by atoms with van der Waals surface area (Å²) in [7, 11) is -4.02. The van der Waals surface area contributed by atoms with Crippen molar-refractivity contribution in [1.82, 2.24) is 5.32 Å². The molecule has 0 fully saturated rings. The van der Waals surface area contributed by atoms with E-state index in [1.165, 1.54) is 0 Å². The molecule has 1 unspecified atom stereocenters. The summed E-state index contributed by atoms with van der Waals surface area (Å²) in [4.78, 5) is 28.2. The largest absolute Gasteiger partial charge is 0.368 e. The second-order valence-electron chi connectivity index (χ2n) is 3.58. The maximum atomic E-state index is 11.0. The van der Waals surface area contributed by atoms with E-state index in [2.05, 4.69) is 5.32 Å². The van der Waals surface area contributed by atoms with Crippen molar-refractivity contribution in [1.29, 1.82) is 0 Å². The molecular formula is C8H20N3O4P. The Kier molecular flexibility index (Phi) is 7.53. The molecule has 0 radical (unpaired) electrons. The van der Waals surface area contributed by atoms with E-state index in [1.54, 1.807) is 0 Å². The third kappa shape index (κ3) is 8.82. The van der Waals surface area contributed by atoms with Crippen molar-refractivity contribution in [2.24, 2.45) is 11.5 Å². The zero-order valence-corrected chi connectivity index (χ0v) is 10.0. The fraction of sp³-hybridized carbons (Fsp3) is 0.875. The fourth-order valence-corrected chi connectivity index (χ4v) is 1.64. The second kappa shape index (κ2) is 7.76. The van der Waals surface area contributed by atoms with Crippen LogP contribution in [0, 0.1) is 0 Å². The van der Waals surface area contributed by atoms with Gasteiger partial charge in [0.2, 0.25) is 5.91 Å². The maximum absolute atomic E-state index is 11.0. The van der Waals surface area contributed by atoms with Crippen LogP contribution in [0.15, 0.2) is 0 Å². The molecular weight excluding hydrogens is 233 g/mol. The summed E-state index contributed by atoms with van der Waals surface area (Å²) in [6, 6.07) is -0.543. The Balaban J connectivity index is 3.86. The Labute approximate surface area is 94.7 Å². The lowest BCUT2D eigenvalue weighted by molar-refractivity contribution is -0.120. The van der Waals surface area contributed by atoms with Gasteiger partial charge in [0.1, 0.15) is 0 Å². The van der Waals surface area contributed by atoms with Crippen LogP contribution in [0.25, 0.3) is 0 Å². The molecule has 0 aliphatic heterocycles. The van der Waals surface area contributed by atoms with Gasteiger partial charge in [-0.25, -0.2) is 0 Å². The van der Waals surface area contributed by atoms with Crippen molar-refractivity contribution in [3.63, 3.8) is 0 Å². The Morgan fingerprint density at radius 1 is 1.38 bits per heavy atom. The molecule has 7 nitrogen and oxygen atoms in total. The number of carbonyl (C=O) groups excluding carboxylic acids is 1. The summed E-state index contributed by atoms with van der Waals surface area (Å²) >= 11 is 0. The third-order valence-corrected chi connectivity index (χ3v) is 2.89. The van der Waals surface area contributed by atoms with Crippen LogP contribution in [0.4, 0.5) is 0 Å². The zero-order chi connectivity index (χ0) is 12.6. The van der Waals surface area contributed by atoms with E-state index in [0.717, 1.165) is 12.8 Å². The van der Waals surface area contributed by atoms with Gasteiger partial charge in [0.05, 0.1) is 12.2 Å². The molecule has 16 heavy (non-hydrogen) atoms. The molecule has 96 valence electrons. The summed E-state index contributed by atoms with van der Waals surface area (Å²) in [6.07, 6.45) is 1.79. The van der Waals surface area contributed by atoms with Gasteiger partial charge < -0.3 is 26.6 Å². The molecule has 0 heterocycles. The lowest BCUT2D eigenvalue weighted by Gasteiger charge is -2.15. The number of unbranched alkanes of at least 4 members (excludes halogenated alkanes) is 1. The molecule has 0 aromatic carbocycles. The highest BCUT2D eigenvalue weighted by Crippen LogP contribution is 2.32. The molecule has 1 atom stereocenters. The van der Waals surface area contributed by atoms with Gasteiger partial charge in [0, 0.05) is 6.54 Å². The van der Waals surface area contributed by atoms with Gasteiger partial charge in [-0.3, -0.25) is 9.36 Å². The molecule has 0 aliphatic carbocycles. The molecule has 8 heteroatoms. The van der Waals surface area contributed by atoms with E-state index in [0.29, 0.717) is 13.0 Å². The SMILES string of the molecule is NCCCCC(NCCP(=O)(O)O)C(N)=O. The van der Waals surface area contributed by atoms with Crippen molar-refractivity contribution in [2.45, 2.75) is 25.3 Å².